The standard InChI is InChI=1S/C11H17NO3S2/c13-10(6-8-7-16-4-5-17-8)12-3-1-2-9(12)11(14)15/h8-9H,1-7H2,(H,14,15). The van der Waals surface area contributed by atoms with Crippen molar-refractivity contribution in [1.82, 2.24) is 4.90 Å². The zero-order chi connectivity index (χ0) is 12.3. The Morgan fingerprint density at radius 1 is 1.35 bits per heavy atom. The minimum absolute atomic E-state index is 0.0231. The number of aliphatic carboxylic acids is 1. The maximum atomic E-state index is 12.1. The van der Waals surface area contributed by atoms with Crippen molar-refractivity contribution >= 4 is 35.4 Å². The second kappa shape index (κ2) is 6.00. The van der Waals surface area contributed by atoms with Gasteiger partial charge in [0.2, 0.25) is 5.91 Å². The first-order chi connectivity index (χ1) is 8.18. The first kappa shape index (κ1) is 13.1. The number of likely N-dealkylation sites (tertiary alicyclic amines) is 1. The summed E-state index contributed by atoms with van der Waals surface area (Å²) in [7, 11) is 0. The van der Waals surface area contributed by atoms with Crippen LogP contribution in [0.5, 0.6) is 0 Å². The highest BCUT2D eigenvalue weighted by molar-refractivity contribution is 8.06. The first-order valence-electron chi connectivity index (χ1n) is 5.90. The number of carbonyl (C=O) groups excluding carboxylic acids is 1. The van der Waals surface area contributed by atoms with Crippen LogP contribution in [-0.2, 0) is 9.59 Å². The van der Waals surface area contributed by atoms with Crippen LogP contribution in [0, 0.1) is 0 Å². The lowest BCUT2D eigenvalue weighted by Crippen LogP contribution is -2.41. The molecule has 0 aliphatic carbocycles. The van der Waals surface area contributed by atoms with E-state index in [0.29, 0.717) is 24.6 Å². The minimum Gasteiger partial charge on any atom is -0.480 e. The number of hydrogen-bond donors (Lipinski definition) is 1. The lowest BCUT2D eigenvalue weighted by atomic mass is 10.2. The Morgan fingerprint density at radius 2 is 2.18 bits per heavy atom. The molecule has 96 valence electrons. The van der Waals surface area contributed by atoms with Crippen molar-refractivity contribution < 1.29 is 14.7 Å². The Bertz CT molecular complexity index is 305. The van der Waals surface area contributed by atoms with Gasteiger partial charge in [0, 0.05) is 35.5 Å². The highest BCUT2D eigenvalue weighted by atomic mass is 32.2. The second-order valence-corrected chi connectivity index (χ2v) is 6.91. The molecule has 2 rings (SSSR count). The first-order valence-corrected chi connectivity index (χ1v) is 8.10. The third kappa shape index (κ3) is 3.31. The quantitative estimate of drug-likeness (QED) is 0.841. The smallest absolute Gasteiger partial charge is 0.326 e. The van der Waals surface area contributed by atoms with Gasteiger partial charge in [-0.25, -0.2) is 4.79 Å². The summed E-state index contributed by atoms with van der Waals surface area (Å²) in [4.78, 5) is 24.6. The number of thioether (sulfide) groups is 2. The predicted octanol–water partition coefficient (Wildman–Crippen LogP) is 1.30. The largest absolute Gasteiger partial charge is 0.480 e. The Labute approximate surface area is 110 Å². The number of rotatable bonds is 3. The van der Waals surface area contributed by atoms with Gasteiger partial charge in [0.25, 0.3) is 0 Å². The minimum atomic E-state index is -0.860. The van der Waals surface area contributed by atoms with Gasteiger partial charge in [-0.3, -0.25) is 4.79 Å². The molecule has 1 amide bonds. The topological polar surface area (TPSA) is 57.6 Å². The van der Waals surface area contributed by atoms with Crippen molar-refractivity contribution in [2.75, 3.05) is 23.8 Å². The Hall–Kier alpha value is -0.360. The van der Waals surface area contributed by atoms with E-state index in [1.807, 2.05) is 23.5 Å². The predicted molar refractivity (Wildman–Crippen MR) is 70.6 cm³/mol. The van der Waals surface area contributed by atoms with E-state index in [2.05, 4.69) is 0 Å². The van der Waals surface area contributed by atoms with Crippen LogP contribution in [0.25, 0.3) is 0 Å². The molecular weight excluding hydrogens is 258 g/mol. The molecule has 4 nitrogen and oxygen atoms in total. The molecule has 6 heteroatoms. The van der Waals surface area contributed by atoms with E-state index >= 15 is 0 Å². The van der Waals surface area contributed by atoms with Gasteiger partial charge in [-0.1, -0.05) is 0 Å². The highest BCUT2D eigenvalue weighted by Gasteiger charge is 2.34. The van der Waals surface area contributed by atoms with E-state index in [9.17, 15) is 9.59 Å². The molecule has 0 bridgehead atoms. The maximum Gasteiger partial charge on any atom is 0.326 e. The average molecular weight is 275 g/mol. The zero-order valence-corrected chi connectivity index (χ0v) is 11.3. The van der Waals surface area contributed by atoms with E-state index in [-0.39, 0.29) is 5.91 Å². The fourth-order valence-corrected chi connectivity index (χ4v) is 4.96. The maximum absolute atomic E-state index is 12.1. The van der Waals surface area contributed by atoms with E-state index < -0.39 is 12.0 Å². The van der Waals surface area contributed by atoms with E-state index in [4.69, 9.17) is 5.11 Å². The van der Waals surface area contributed by atoms with Crippen molar-refractivity contribution in [1.29, 1.82) is 0 Å². The van der Waals surface area contributed by atoms with Gasteiger partial charge in [-0.15, -0.1) is 0 Å². The number of carboxylic acid groups (broad SMARTS) is 1. The normalized spacial score (nSPS) is 29.3. The molecule has 0 spiro atoms. The molecule has 0 saturated carbocycles. The Kier molecular flexibility index (Phi) is 4.62. The molecule has 0 radical (unpaired) electrons. The van der Waals surface area contributed by atoms with E-state index in [1.165, 1.54) is 0 Å². The number of carboxylic acids is 1. The van der Waals surface area contributed by atoms with Gasteiger partial charge in [0.15, 0.2) is 0 Å². The number of hydrogen-bond acceptors (Lipinski definition) is 4. The third-order valence-corrected chi connectivity index (χ3v) is 5.99. The summed E-state index contributed by atoms with van der Waals surface area (Å²) < 4.78 is 0. The summed E-state index contributed by atoms with van der Waals surface area (Å²) in [5, 5.41) is 9.41. The summed E-state index contributed by atoms with van der Waals surface area (Å²) in [6.45, 7) is 0.611. The molecule has 2 heterocycles. The average Bonchev–Trinajstić information content (AvgIpc) is 2.79. The number of carbonyl (C=O) groups is 2. The van der Waals surface area contributed by atoms with E-state index in [0.717, 1.165) is 23.7 Å². The lowest BCUT2D eigenvalue weighted by Gasteiger charge is -2.25. The molecule has 0 aromatic rings. The van der Waals surface area contributed by atoms with Crippen molar-refractivity contribution in [3.8, 4) is 0 Å². The van der Waals surface area contributed by atoms with Crippen molar-refractivity contribution in [3.63, 3.8) is 0 Å². The van der Waals surface area contributed by atoms with Crippen LogP contribution in [0.2, 0.25) is 0 Å². The fourth-order valence-electron chi connectivity index (χ4n) is 2.29. The van der Waals surface area contributed by atoms with Crippen molar-refractivity contribution in [2.45, 2.75) is 30.6 Å². The third-order valence-electron chi connectivity index (χ3n) is 3.15. The molecule has 2 aliphatic heterocycles. The SMILES string of the molecule is O=C(O)C1CCCN1C(=O)CC1CSCCS1. The molecule has 2 atom stereocenters. The van der Waals surface area contributed by atoms with E-state index in [1.54, 1.807) is 4.90 Å². The van der Waals surface area contributed by atoms with Gasteiger partial charge in [-0.05, 0) is 12.8 Å². The summed E-state index contributed by atoms with van der Waals surface area (Å²) in [6, 6.07) is -0.580. The Balaban J connectivity index is 1.88. The van der Waals surface area contributed by atoms with Crippen LogP contribution in [0.1, 0.15) is 19.3 Å². The van der Waals surface area contributed by atoms with Crippen molar-refractivity contribution in [3.05, 3.63) is 0 Å². The summed E-state index contributed by atoms with van der Waals surface area (Å²) in [5.41, 5.74) is 0. The molecule has 1 N–H and O–H groups in total. The van der Waals surface area contributed by atoms with Crippen LogP contribution in [-0.4, -0.2) is 57.0 Å². The molecular formula is C11H17NO3S2. The van der Waals surface area contributed by atoms with Gasteiger partial charge in [0.1, 0.15) is 6.04 Å². The summed E-state index contributed by atoms with van der Waals surface area (Å²) in [6.07, 6.45) is 1.92. The van der Waals surface area contributed by atoms with Crippen molar-refractivity contribution in [2.24, 2.45) is 0 Å². The number of nitrogens with zero attached hydrogens (tertiary/aromatic N) is 1. The van der Waals surface area contributed by atoms with Gasteiger partial charge >= 0.3 is 5.97 Å². The molecule has 0 aromatic heterocycles. The van der Waals surface area contributed by atoms with Crippen LogP contribution < -0.4 is 0 Å². The summed E-state index contributed by atoms with van der Waals surface area (Å²) >= 11 is 3.73. The molecule has 2 aliphatic rings. The summed E-state index contributed by atoms with van der Waals surface area (Å²) in [5.74, 6) is 2.44. The molecule has 2 fully saturated rings. The van der Waals surface area contributed by atoms with Crippen LogP contribution in [0.3, 0.4) is 0 Å². The van der Waals surface area contributed by atoms with Crippen LogP contribution in [0.15, 0.2) is 0 Å². The van der Waals surface area contributed by atoms with Gasteiger partial charge in [-0.2, -0.15) is 23.5 Å². The highest BCUT2D eigenvalue weighted by Crippen LogP contribution is 2.28. The fraction of sp³-hybridized carbons (Fsp3) is 0.818. The van der Waals surface area contributed by atoms with Gasteiger partial charge in [0.05, 0.1) is 0 Å². The van der Waals surface area contributed by atoms with Gasteiger partial charge < -0.3 is 10.0 Å². The lowest BCUT2D eigenvalue weighted by molar-refractivity contribution is -0.148. The monoisotopic (exact) mass is 275 g/mol. The van der Waals surface area contributed by atoms with Crippen LogP contribution >= 0.6 is 23.5 Å². The molecule has 17 heavy (non-hydrogen) atoms. The molecule has 0 aromatic carbocycles. The zero-order valence-electron chi connectivity index (χ0n) is 9.63. The van der Waals surface area contributed by atoms with Crippen LogP contribution in [0.4, 0.5) is 0 Å². The second-order valence-electron chi connectivity index (χ2n) is 4.36. The molecule has 2 unspecified atom stereocenters. The molecule has 2 saturated heterocycles. The number of amides is 1. The Morgan fingerprint density at radius 3 is 2.82 bits per heavy atom.